The van der Waals surface area contributed by atoms with Gasteiger partial charge in [0.2, 0.25) is 0 Å². The quantitative estimate of drug-likeness (QED) is 0.573. The normalized spacial score (nSPS) is 12.0. The lowest BCUT2D eigenvalue weighted by atomic mass is 10.1. The van der Waals surface area contributed by atoms with Crippen molar-refractivity contribution >= 4 is 27.0 Å². The van der Waals surface area contributed by atoms with Crippen molar-refractivity contribution in [2.45, 2.75) is 4.90 Å². The van der Waals surface area contributed by atoms with Gasteiger partial charge in [-0.05, 0) is 35.0 Å². The van der Waals surface area contributed by atoms with E-state index in [0.717, 1.165) is 16.5 Å². The fourth-order valence-electron chi connectivity index (χ4n) is 1.98. The Morgan fingerprint density at radius 1 is 1.00 bits per heavy atom. The summed E-state index contributed by atoms with van der Waals surface area (Å²) in [4.78, 5) is 5.29. The molecule has 0 spiro atoms. The van der Waals surface area contributed by atoms with E-state index in [4.69, 9.17) is 0 Å². The van der Waals surface area contributed by atoms with Gasteiger partial charge in [-0.25, -0.2) is 4.83 Å². The zero-order valence-corrected chi connectivity index (χ0v) is 11.8. The lowest BCUT2D eigenvalue weighted by Gasteiger charge is -2.04. The average Bonchev–Trinajstić information content (AvgIpc) is 3.00. The minimum absolute atomic E-state index is 0.185. The molecule has 0 fully saturated rings. The van der Waals surface area contributed by atoms with E-state index in [9.17, 15) is 8.42 Å². The van der Waals surface area contributed by atoms with E-state index in [1.807, 2.05) is 24.3 Å². The molecule has 21 heavy (non-hydrogen) atoms. The van der Waals surface area contributed by atoms with E-state index in [1.54, 1.807) is 36.5 Å². The Bertz CT molecular complexity index is 884. The van der Waals surface area contributed by atoms with Crippen LogP contribution in [0.5, 0.6) is 0 Å². The van der Waals surface area contributed by atoms with Gasteiger partial charge in [0.1, 0.15) is 0 Å². The molecule has 2 N–H and O–H groups in total. The van der Waals surface area contributed by atoms with Crippen molar-refractivity contribution < 1.29 is 8.42 Å². The summed E-state index contributed by atoms with van der Waals surface area (Å²) in [6.45, 7) is 0. The molecule has 0 saturated heterocycles. The topological polar surface area (TPSA) is 74.3 Å². The highest BCUT2D eigenvalue weighted by Gasteiger charge is 2.12. The number of aromatic nitrogens is 1. The van der Waals surface area contributed by atoms with Gasteiger partial charge < -0.3 is 4.98 Å². The highest BCUT2D eigenvalue weighted by Crippen LogP contribution is 2.18. The molecule has 0 aliphatic rings. The summed E-state index contributed by atoms with van der Waals surface area (Å²) in [6.07, 6.45) is 3.15. The number of H-pyrrole nitrogens is 1. The molecule has 0 amide bonds. The third kappa shape index (κ3) is 2.95. The van der Waals surface area contributed by atoms with Crippen LogP contribution in [0.15, 0.2) is 70.8 Å². The first kappa shape index (κ1) is 13.4. The molecule has 1 aromatic heterocycles. The SMILES string of the molecule is O=S(=O)(NN=Cc1ccc[nH]1)c1ccc2ccccc2c1. The fraction of sp³-hybridized carbons (Fsp3) is 0. The predicted octanol–water partition coefficient (Wildman–Crippen LogP) is 2.48. The molecule has 6 heteroatoms. The van der Waals surface area contributed by atoms with Crippen molar-refractivity contribution in [1.82, 2.24) is 9.82 Å². The monoisotopic (exact) mass is 299 g/mol. The Balaban J connectivity index is 1.86. The van der Waals surface area contributed by atoms with Crippen molar-refractivity contribution in [3.8, 4) is 0 Å². The number of rotatable bonds is 4. The number of hydrogen-bond acceptors (Lipinski definition) is 3. The summed E-state index contributed by atoms with van der Waals surface area (Å²) in [5.74, 6) is 0. The Kier molecular flexibility index (Phi) is 3.45. The highest BCUT2D eigenvalue weighted by atomic mass is 32.2. The number of fused-ring (bicyclic) bond motifs is 1. The Labute approximate surface area is 122 Å². The smallest absolute Gasteiger partial charge is 0.276 e. The second-order valence-corrected chi connectivity index (χ2v) is 6.15. The Morgan fingerprint density at radius 2 is 1.81 bits per heavy atom. The molecule has 0 atom stereocenters. The van der Waals surface area contributed by atoms with Gasteiger partial charge in [-0.1, -0.05) is 30.3 Å². The summed E-state index contributed by atoms with van der Waals surface area (Å²) >= 11 is 0. The van der Waals surface area contributed by atoms with Gasteiger partial charge in [-0.15, -0.1) is 0 Å². The molecule has 0 aliphatic heterocycles. The van der Waals surface area contributed by atoms with E-state index in [1.165, 1.54) is 6.21 Å². The summed E-state index contributed by atoms with van der Waals surface area (Å²) in [7, 11) is -3.67. The maximum Gasteiger partial charge on any atom is 0.276 e. The van der Waals surface area contributed by atoms with Crippen LogP contribution in [0, 0.1) is 0 Å². The summed E-state index contributed by atoms with van der Waals surface area (Å²) in [5.41, 5.74) is 0.719. The van der Waals surface area contributed by atoms with Crippen LogP contribution in [0.3, 0.4) is 0 Å². The third-order valence-corrected chi connectivity index (χ3v) is 4.25. The van der Waals surface area contributed by atoms with Gasteiger partial charge in [-0.2, -0.15) is 13.5 Å². The predicted molar refractivity (Wildman–Crippen MR) is 82.7 cm³/mol. The van der Waals surface area contributed by atoms with E-state index in [2.05, 4.69) is 14.9 Å². The second-order valence-electron chi connectivity index (χ2n) is 4.49. The largest absolute Gasteiger partial charge is 0.360 e. The summed E-state index contributed by atoms with van der Waals surface area (Å²) < 4.78 is 24.3. The van der Waals surface area contributed by atoms with Gasteiger partial charge in [0.15, 0.2) is 0 Å². The number of nitrogens with one attached hydrogen (secondary N) is 2. The zero-order chi connectivity index (χ0) is 14.7. The van der Waals surface area contributed by atoms with Crippen LogP contribution in [-0.4, -0.2) is 19.6 Å². The summed E-state index contributed by atoms with van der Waals surface area (Å²) in [6, 6.07) is 16.1. The van der Waals surface area contributed by atoms with Crippen LogP contribution in [-0.2, 0) is 10.0 Å². The molecule has 5 nitrogen and oxygen atoms in total. The average molecular weight is 299 g/mol. The first-order valence-corrected chi connectivity index (χ1v) is 7.80. The van der Waals surface area contributed by atoms with Crippen molar-refractivity contribution in [3.05, 3.63) is 66.5 Å². The van der Waals surface area contributed by atoms with Crippen LogP contribution in [0.1, 0.15) is 5.69 Å². The standard InChI is InChI=1S/C15H13N3O2S/c19-21(20,18-17-11-14-6-3-9-16-14)15-8-7-12-4-1-2-5-13(12)10-15/h1-11,16,18H. The minimum atomic E-state index is -3.67. The molecular weight excluding hydrogens is 286 g/mol. The molecular formula is C15H13N3O2S. The minimum Gasteiger partial charge on any atom is -0.360 e. The highest BCUT2D eigenvalue weighted by molar-refractivity contribution is 7.89. The first-order valence-electron chi connectivity index (χ1n) is 6.32. The van der Waals surface area contributed by atoms with E-state index >= 15 is 0 Å². The lowest BCUT2D eigenvalue weighted by molar-refractivity contribution is 0.585. The van der Waals surface area contributed by atoms with Crippen molar-refractivity contribution in [2.75, 3.05) is 0 Å². The third-order valence-electron chi connectivity index (χ3n) is 3.03. The van der Waals surface area contributed by atoms with Crippen LogP contribution >= 0.6 is 0 Å². The van der Waals surface area contributed by atoms with Gasteiger partial charge in [0, 0.05) is 6.20 Å². The van der Waals surface area contributed by atoms with Crippen LogP contribution < -0.4 is 4.83 Å². The first-order chi connectivity index (χ1) is 10.1. The number of hydrazone groups is 1. The van der Waals surface area contributed by atoms with Crippen LogP contribution in [0.4, 0.5) is 0 Å². The van der Waals surface area contributed by atoms with Crippen LogP contribution in [0.2, 0.25) is 0 Å². The molecule has 3 aromatic rings. The number of sulfonamides is 1. The van der Waals surface area contributed by atoms with E-state index in [0.29, 0.717) is 0 Å². The summed E-state index contributed by atoms with van der Waals surface area (Å²) in [5, 5.41) is 5.61. The zero-order valence-electron chi connectivity index (χ0n) is 11.0. The number of nitrogens with zero attached hydrogens (tertiary/aromatic N) is 1. The van der Waals surface area contributed by atoms with Crippen molar-refractivity contribution in [3.63, 3.8) is 0 Å². The van der Waals surface area contributed by atoms with Crippen molar-refractivity contribution in [2.24, 2.45) is 5.10 Å². The fourth-order valence-corrected chi connectivity index (χ4v) is 2.80. The molecule has 0 aliphatic carbocycles. The Hall–Kier alpha value is -2.60. The number of benzene rings is 2. The molecule has 0 radical (unpaired) electrons. The molecule has 0 unspecified atom stereocenters. The molecule has 0 bridgehead atoms. The van der Waals surface area contributed by atoms with Gasteiger partial charge in [0.05, 0.1) is 16.8 Å². The molecule has 0 saturated carbocycles. The maximum absolute atomic E-state index is 12.2. The van der Waals surface area contributed by atoms with Gasteiger partial charge in [-0.3, -0.25) is 0 Å². The second kappa shape index (κ2) is 5.41. The molecule has 3 rings (SSSR count). The number of hydrogen-bond donors (Lipinski definition) is 2. The van der Waals surface area contributed by atoms with Gasteiger partial charge in [0.25, 0.3) is 10.0 Å². The maximum atomic E-state index is 12.2. The molecule has 1 heterocycles. The lowest BCUT2D eigenvalue weighted by Crippen LogP contribution is -2.18. The van der Waals surface area contributed by atoms with E-state index < -0.39 is 10.0 Å². The van der Waals surface area contributed by atoms with Crippen LogP contribution in [0.25, 0.3) is 10.8 Å². The van der Waals surface area contributed by atoms with Crippen molar-refractivity contribution in [1.29, 1.82) is 0 Å². The van der Waals surface area contributed by atoms with Gasteiger partial charge >= 0.3 is 0 Å². The van der Waals surface area contributed by atoms with E-state index in [-0.39, 0.29) is 4.90 Å². The Morgan fingerprint density at radius 3 is 2.57 bits per heavy atom. The number of aromatic amines is 1. The molecule has 106 valence electrons. The molecule has 2 aromatic carbocycles.